The number of rotatable bonds is 5. The molecule has 0 unspecified atom stereocenters. The summed E-state index contributed by atoms with van der Waals surface area (Å²) in [7, 11) is 1.69. The van der Waals surface area contributed by atoms with Crippen molar-refractivity contribution < 1.29 is 4.74 Å². The normalized spacial score (nSPS) is 11.4. The third kappa shape index (κ3) is 2.77. The standard InChI is InChI=1S/C11H17N3OS/c1-5-14-9(11(2,3)7-15-4)6-10(13-14)16-8-12/h6H,5,7H2,1-4H3. The van der Waals surface area contributed by atoms with Gasteiger partial charge in [0.25, 0.3) is 0 Å². The minimum Gasteiger partial charge on any atom is -0.384 e. The van der Waals surface area contributed by atoms with E-state index in [0.717, 1.165) is 29.0 Å². The Balaban J connectivity index is 3.06. The molecule has 88 valence electrons. The zero-order valence-electron chi connectivity index (χ0n) is 10.1. The number of thiocyanates is 1. The number of hydrogen-bond donors (Lipinski definition) is 0. The molecule has 1 heterocycles. The van der Waals surface area contributed by atoms with Gasteiger partial charge in [-0.2, -0.15) is 10.4 Å². The number of methoxy groups -OCH3 is 1. The lowest BCUT2D eigenvalue weighted by atomic mass is 9.90. The van der Waals surface area contributed by atoms with Crippen molar-refractivity contribution in [2.75, 3.05) is 13.7 Å². The van der Waals surface area contributed by atoms with Gasteiger partial charge in [-0.15, -0.1) is 0 Å². The van der Waals surface area contributed by atoms with E-state index in [-0.39, 0.29) is 5.41 Å². The maximum atomic E-state index is 8.64. The highest BCUT2D eigenvalue weighted by Gasteiger charge is 2.25. The van der Waals surface area contributed by atoms with Crippen molar-refractivity contribution in [3.63, 3.8) is 0 Å². The first-order valence-corrected chi connectivity index (χ1v) is 6.00. The fourth-order valence-electron chi connectivity index (χ4n) is 1.71. The number of hydrogen-bond acceptors (Lipinski definition) is 4. The Morgan fingerprint density at radius 1 is 1.62 bits per heavy atom. The first-order valence-electron chi connectivity index (χ1n) is 5.18. The van der Waals surface area contributed by atoms with Crippen LogP contribution in [0.25, 0.3) is 0 Å². The van der Waals surface area contributed by atoms with Crippen LogP contribution in [-0.2, 0) is 16.7 Å². The van der Waals surface area contributed by atoms with E-state index in [0.29, 0.717) is 6.61 Å². The summed E-state index contributed by atoms with van der Waals surface area (Å²) in [4.78, 5) is 0. The molecule has 0 N–H and O–H groups in total. The van der Waals surface area contributed by atoms with E-state index in [2.05, 4.69) is 18.9 Å². The van der Waals surface area contributed by atoms with Gasteiger partial charge in [0.05, 0.1) is 6.61 Å². The SMILES string of the molecule is CCn1nc(SC#N)cc1C(C)(C)COC. The number of nitrogens with zero attached hydrogens (tertiary/aromatic N) is 3. The van der Waals surface area contributed by atoms with Crippen molar-refractivity contribution in [2.24, 2.45) is 0 Å². The highest BCUT2D eigenvalue weighted by atomic mass is 32.2. The van der Waals surface area contributed by atoms with Gasteiger partial charge in [-0.25, -0.2) is 0 Å². The summed E-state index contributed by atoms with van der Waals surface area (Å²) < 4.78 is 7.15. The summed E-state index contributed by atoms with van der Waals surface area (Å²) in [5.41, 5.74) is 1.01. The second-order valence-electron chi connectivity index (χ2n) is 4.19. The average Bonchev–Trinajstić information content (AvgIpc) is 2.62. The van der Waals surface area contributed by atoms with E-state index in [4.69, 9.17) is 10.00 Å². The number of ether oxygens (including phenoxy) is 1. The van der Waals surface area contributed by atoms with Gasteiger partial charge in [0.2, 0.25) is 0 Å². The number of aryl methyl sites for hydroxylation is 1. The van der Waals surface area contributed by atoms with Crippen molar-refractivity contribution >= 4 is 11.8 Å². The van der Waals surface area contributed by atoms with Crippen molar-refractivity contribution in [3.8, 4) is 5.40 Å². The maximum Gasteiger partial charge on any atom is 0.140 e. The third-order valence-corrected chi connectivity index (χ3v) is 2.91. The quantitative estimate of drug-likeness (QED) is 0.585. The van der Waals surface area contributed by atoms with Gasteiger partial charge in [0.15, 0.2) is 0 Å². The van der Waals surface area contributed by atoms with Gasteiger partial charge >= 0.3 is 0 Å². The van der Waals surface area contributed by atoms with Gasteiger partial charge in [-0.1, -0.05) is 13.8 Å². The zero-order valence-corrected chi connectivity index (χ0v) is 11.0. The molecule has 0 aromatic carbocycles. The molecule has 0 bridgehead atoms. The molecule has 1 aromatic heterocycles. The maximum absolute atomic E-state index is 8.64. The molecule has 1 rings (SSSR count). The van der Waals surface area contributed by atoms with Crippen LogP contribution in [0.15, 0.2) is 11.1 Å². The van der Waals surface area contributed by atoms with E-state index >= 15 is 0 Å². The molecular weight excluding hydrogens is 222 g/mol. The molecule has 0 spiro atoms. The molecule has 0 amide bonds. The molecule has 0 saturated carbocycles. The van der Waals surface area contributed by atoms with Crippen LogP contribution >= 0.6 is 11.8 Å². The minimum atomic E-state index is -0.0912. The fraction of sp³-hybridized carbons (Fsp3) is 0.636. The number of thioether (sulfide) groups is 1. The van der Waals surface area contributed by atoms with Crippen LogP contribution in [0, 0.1) is 10.7 Å². The second kappa shape index (κ2) is 5.37. The summed E-state index contributed by atoms with van der Waals surface area (Å²) in [5.74, 6) is 0. The molecule has 0 radical (unpaired) electrons. The lowest BCUT2D eigenvalue weighted by Gasteiger charge is -2.24. The number of aromatic nitrogens is 2. The Kier molecular flexibility index (Phi) is 4.39. The van der Waals surface area contributed by atoms with E-state index in [1.165, 1.54) is 0 Å². The predicted octanol–water partition coefficient (Wildman–Crippen LogP) is 2.40. The Morgan fingerprint density at radius 3 is 2.81 bits per heavy atom. The molecule has 5 heteroatoms. The molecule has 16 heavy (non-hydrogen) atoms. The van der Waals surface area contributed by atoms with E-state index in [1.807, 2.05) is 23.1 Å². The Hall–Kier alpha value is -0.990. The summed E-state index contributed by atoms with van der Waals surface area (Å²) in [6.45, 7) is 7.70. The first kappa shape index (κ1) is 13.1. The van der Waals surface area contributed by atoms with Crippen molar-refractivity contribution in [2.45, 2.75) is 37.8 Å². The monoisotopic (exact) mass is 239 g/mol. The molecule has 0 aliphatic rings. The summed E-state index contributed by atoms with van der Waals surface area (Å²) in [5, 5.41) is 15.8. The van der Waals surface area contributed by atoms with E-state index in [1.54, 1.807) is 7.11 Å². The summed E-state index contributed by atoms with van der Waals surface area (Å²) in [6.07, 6.45) is 0. The molecule has 0 aliphatic carbocycles. The Bertz CT molecular complexity index is 392. The Labute approximate surface area is 101 Å². The van der Waals surface area contributed by atoms with Gasteiger partial charge in [0, 0.05) is 36.5 Å². The van der Waals surface area contributed by atoms with Crippen LogP contribution in [0.3, 0.4) is 0 Å². The molecule has 0 aliphatic heterocycles. The summed E-state index contributed by atoms with van der Waals surface area (Å²) in [6, 6.07) is 1.97. The van der Waals surface area contributed by atoms with Gasteiger partial charge < -0.3 is 4.74 Å². The zero-order chi connectivity index (χ0) is 12.2. The highest BCUT2D eigenvalue weighted by molar-refractivity contribution is 8.03. The van der Waals surface area contributed by atoms with Crippen molar-refractivity contribution in [1.29, 1.82) is 5.26 Å². The topological polar surface area (TPSA) is 50.8 Å². The minimum absolute atomic E-state index is 0.0912. The largest absolute Gasteiger partial charge is 0.384 e. The predicted molar refractivity (Wildman–Crippen MR) is 64.3 cm³/mol. The molecular formula is C11H17N3OS. The smallest absolute Gasteiger partial charge is 0.140 e. The fourth-order valence-corrected chi connectivity index (χ4v) is 2.11. The van der Waals surface area contributed by atoms with E-state index in [9.17, 15) is 0 Å². The van der Waals surface area contributed by atoms with Crippen LogP contribution in [0.1, 0.15) is 26.5 Å². The van der Waals surface area contributed by atoms with Crippen LogP contribution < -0.4 is 0 Å². The molecule has 0 fully saturated rings. The van der Waals surface area contributed by atoms with Crippen LogP contribution in [0.2, 0.25) is 0 Å². The van der Waals surface area contributed by atoms with Gasteiger partial charge in [-0.05, 0) is 13.0 Å². The number of nitriles is 1. The third-order valence-electron chi connectivity index (χ3n) is 2.41. The second-order valence-corrected chi connectivity index (χ2v) is 5.00. The molecule has 1 aromatic rings. The van der Waals surface area contributed by atoms with Crippen LogP contribution in [0.4, 0.5) is 0 Å². The van der Waals surface area contributed by atoms with Gasteiger partial charge in [0.1, 0.15) is 10.4 Å². The average molecular weight is 239 g/mol. The lowest BCUT2D eigenvalue weighted by molar-refractivity contribution is 0.142. The van der Waals surface area contributed by atoms with Crippen LogP contribution in [0.5, 0.6) is 0 Å². The highest BCUT2D eigenvalue weighted by Crippen LogP contribution is 2.27. The van der Waals surface area contributed by atoms with Crippen LogP contribution in [-0.4, -0.2) is 23.5 Å². The molecule has 4 nitrogen and oxygen atoms in total. The summed E-state index contributed by atoms with van der Waals surface area (Å²) >= 11 is 1.09. The first-order chi connectivity index (χ1) is 7.55. The lowest BCUT2D eigenvalue weighted by Crippen LogP contribution is -2.27. The molecule has 0 saturated heterocycles. The molecule has 0 atom stereocenters. The Morgan fingerprint density at radius 2 is 2.31 bits per heavy atom. The van der Waals surface area contributed by atoms with Crippen molar-refractivity contribution in [1.82, 2.24) is 9.78 Å². The van der Waals surface area contributed by atoms with Crippen molar-refractivity contribution in [3.05, 3.63) is 11.8 Å². The van der Waals surface area contributed by atoms with E-state index < -0.39 is 0 Å². The van der Waals surface area contributed by atoms with Gasteiger partial charge in [-0.3, -0.25) is 4.68 Å².